The minimum absolute atomic E-state index is 0.275. The quantitative estimate of drug-likeness (QED) is 0.925. The summed E-state index contributed by atoms with van der Waals surface area (Å²) >= 11 is 3.23. The van der Waals surface area contributed by atoms with E-state index in [2.05, 4.69) is 15.9 Å². The lowest BCUT2D eigenvalue weighted by atomic mass is 10.0. The van der Waals surface area contributed by atoms with Crippen molar-refractivity contribution in [2.45, 2.75) is 31.3 Å². The van der Waals surface area contributed by atoms with Crippen LogP contribution in [-0.2, 0) is 0 Å². The number of hydrogen-bond acceptors (Lipinski definition) is 2. The molecule has 4 heteroatoms. The van der Waals surface area contributed by atoms with Crippen molar-refractivity contribution >= 4 is 15.9 Å². The van der Waals surface area contributed by atoms with Crippen LogP contribution in [0.2, 0.25) is 0 Å². The van der Waals surface area contributed by atoms with Crippen LogP contribution < -0.4 is 4.74 Å². The number of ether oxygens (including phenoxy) is 1. The molecule has 2 rings (SSSR count). The summed E-state index contributed by atoms with van der Waals surface area (Å²) in [6.45, 7) is 0.275. The third-order valence-electron chi connectivity index (χ3n) is 2.92. The Morgan fingerprint density at radius 3 is 2.69 bits per heavy atom. The molecule has 0 bridgehead atoms. The molecule has 1 fully saturated rings. The molecule has 0 unspecified atom stereocenters. The predicted octanol–water partition coefficient (Wildman–Crippen LogP) is 3.27. The maximum absolute atomic E-state index is 12.8. The zero-order valence-electron chi connectivity index (χ0n) is 8.88. The maximum atomic E-state index is 12.8. The summed E-state index contributed by atoms with van der Waals surface area (Å²) in [6, 6.07) is 4.27. The van der Waals surface area contributed by atoms with Gasteiger partial charge in [0.25, 0.3) is 0 Å². The van der Waals surface area contributed by atoms with Crippen LogP contribution in [0.5, 0.6) is 5.75 Å². The summed E-state index contributed by atoms with van der Waals surface area (Å²) in [5.74, 6) is 0.264. The number of aliphatic hydroxyl groups is 1. The predicted molar refractivity (Wildman–Crippen MR) is 63.0 cm³/mol. The molecule has 0 radical (unpaired) electrons. The van der Waals surface area contributed by atoms with E-state index in [4.69, 9.17) is 4.74 Å². The molecule has 0 heterocycles. The zero-order valence-corrected chi connectivity index (χ0v) is 10.5. The van der Waals surface area contributed by atoms with Crippen LogP contribution in [0.25, 0.3) is 0 Å². The van der Waals surface area contributed by atoms with Gasteiger partial charge in [-0.1, -0.05) is 12.8 Å². The molecule has 1 aromatic carbocycles. The monoisotopic (exact) mass is 288 g/mol. The SMILES string of the molecule is OC1(COc2ccc(F)cc2Br)CCCC1. The molecule has 0 saturated heterocycles. The van der Waals surface area contributed by atoms with E-state index >= 15 is 0 Å². The third-order valence-corrected chi connectivity index (χ3v) is 3.54. The van der Waals surface area contributed by atoms with Crippen molar-refractivity contribution < 1.29 is 14.2 Å². The van der Waals surface area contributed by atoms with Crippen molar-refractivity contribution in [1.82, 2.24) is 0 Å². The molecular formula is C12H14BrFO2. The number of benzene rings is 1. The summed E-state index contributed by atoms with van der Waals surface area (Å²) in [7, 11) is 0. The van der Waals surface area contributed by atoms with Crippen LogP contribution in [0.15, 0.2) is 22.7 Å². The van der Waals surface area contributed by atoms with Crippen molar-refractivity contribution in [3.05, 3.63) is 28.5 Å². The molecule has 0 amide bonds. The lowest BCUT2D eigenvalue weighted by molar-refractivity contribution is 0.00117. The van der Waals surface area contributed by atoms with E-state index in [9.17, 15) is 9.50 Å². The Bertz CT molecular complexity index is 375. The van der Waals surface area contributed by atoms with Crippen molar-refractivity contribution in [2.75, 3.05) is 6.61 Å². The largest absolute Gasteiger partial charge is 0.489 e. The lowest BCUT2D eigenvalue weighted by Crippen LogP contribution is -2.32. The molecule has 1 aromatic rings. The second-order valence-electron chi connectivity index (χ2n) is 4.29. The molecule has 16 heavy (non-hydrogen) atoms. The molecule has 0 spiro atoms. The van der Waals surface area contributed by atoms with Crippen LogP contribution in [-0.4, -0.2) is 17.3 Å². The average Bonchev–Trinajstić information content (AvgIpc) is 2.64. The van der Waals surface area contributed by atoms with Gasteiger partial charge in [0.15, 0.2) is 0 Å². The Labute approximate surface area is 103 Å². The van der Waals surface area contributed by atoms with Gasteiger partial charge < -0.3 is 9.84 Å². The molecule has 0 aliphatic heterocycles. The fourth-order valence-corrected chi connectivity index (χ4v) is 2.45. The highest BCUT2D eigenvalue weighted by atomic mass is 79.9. The summed E-state index contributed by atoms with van der Waals surface area (Å²) in [4.78, 5) is 0. The minimum atomic E-state index is -0.701. The second kappa shape index (κ2) is 4.72. The van der Waals surface area contributed by atoms with Crippen LogP contribution in [0.3, 0.4) is 0 Å². The molecule has 1 aliphatic rings. The Morgan fingerprint density at radius 2 is 2.06 bits per heavy atom. The van der Waals surface area contributed by atoms with Gasteiger partial charge in [-0.25, -0.2) is 4.39 Å². The van der Waals surface area contributed by atoms with Gasteiger partial charge in [0.2, 0.25) is 0 Å². The second-order valence-corrected chi connectivity index (χ2v) is 5.15. The zero-order chi connectivity index (χ0) is 11.6. The Morgan fingerprint density at radius 1 is 1.38 bits per heavy atom. The summed E-state index contributed by atoms with van der Waals surface area (Å²) < 4.78 is 18.9. The van der Waals surface area contributed by atoms with E-state index in [0.29, 0.717) is 10.2 Å². The van der Waals surface area contributed by atoms with Gasteiger partial charge in [0.1, 0.15) is 18.2 Å². The Kier molecular flexibility index (Phi) is 3.50. The van der Waals surface area contributed by atoms with Gasteiger partial charge in [-0.15, -0.1) is 0 Å². The topological polar surface area (TPSA) is 29.5 Å². The average molecular weight is 289 g/mol. The van der Waals surface area contributed by atoms with Crippen LogP contribution in [0.1, 0.15) is 25.7 Å². The van der Waals surface area contributed by atoms with Gasteiger partial charge in [-0.3, -0.25) is 0 Å². The van der Waals surface area contributed by atoms with Crippen LogP contribution in [0, 0.1) is 5.82 Å². The summed E-state index contributed by atoms with van der Waals surface area (Å²) in [6.07, 6.45) is 3.66. The standard InChI is InChI=1S/C12H14BrFO2/c13-10-7-9(14)3-4-11(10)16-8-12(15)5-1-2-6-12/h3-4,7,15H,1-2,5-6,8H2. The summed E-state index contributed by atoms with van der Waals surface area (Å²) in [5, 5.41) is 10.1. The van der Waals surface area contributed by atoms with Gasteiger partial charge in [0, 0.05) is 0 Å². The molecule has 88 valence electrons. The van der Waals surface area contributed by atoms with Crippen molar-refractivity contribution in [3.8, 4) is 5.75 Å². The fraction of sp³-hybridized carbons (Fsp3) is 0.500. The molecular weight excluding hydrogens is 275 g/mol. The first kappa shape index (κ1) is 11.9. The number of rotatable bonds is 3. The normalized spacial score (nSPS) is 18.7. The highest BCUT2D eigenvalue weighted by molar-refractivity contribution is 9.10. The number of hydrogen-bond donors (Lipinski definition) is 1. The molecule has 1 saturated carbocycles. The van der Waals surface area contributed by atoms with E-state index in [0.717, 1.165) is 25.7 Å². The van der Waals surface area contributed by atoms with Crippen molar-refractivity contribution in [3.63, 3.8) is 0 Å². The molecule has 0 aromatic heterocycles. The van der Waals surface area contributed by atoms with Crippen LogP contribution in [0.4, 0.5) is 4.39 Å². The van der Waals surface area contributed by atoms with Gasteiger partial charge in [0.05, 0.1) is 10.1 Å². The van der Waals surface area contributed by atoms with E-state index in [1.54, 1.807) is 6.07 Å². The first-order valence-electron chi connectivity index (χ1n) is 5.39. The molecule has 0 atom stereocenters. The Balaban J connectivity index is 1.99. The van der Waals surface area contributed by atoms with E-state index in [1.807, 2.05) is 0 Å². The minimum Gasteiger partial charge on any atom is -0.489 e. The smallest absolute Gasteiger partial charge is 0.133 e. The third kappa shape index (κ3) is 2.74. The van der Waals surface area contributed by atoms with E-state index in [-0.39, 0.29) is 12.4 Å². The van der Waals surface area contributed by atoms with Gasteiger partial charge in [-0.2, -0.15) is 0 Å². The van der Waals surface area contributed by atoms with E-state index < -0.39 is 5.60 Å². The van der Waals surface area contributed by atoms with Gasteiger partial charge >= 0.3 is 0 Å². The summed E-state index contributed by atoms with van der Waals surface area (Å²) in [5.41, 5.74) is -0.701. The van der Waals surface area contributed by atoms with E-state index in [1.165, 1.54) is 12.1 Å². The fourth-order valence-electron chi connectivity index (χ4n) is 1.98. The van der Waals surface area contributed by atoms with Crippen molar-refractivity contribution in [2.24, 2.45) is 0 Å². The van der Waals surface area contributed by atoms with Crippen LogP contribution >= 0.6 is 15.9 Å². The first-order valence-corrected chi connectivity index (χ1v) is 6.19. The maximum Gasteiger partial charge on any atom is 0.133 e. The first-order chi connectivity index (χ1) is 7.59. The lowest BCUT2D eigenvalue weighted by Gasteiger charge is -2.22. The molecule has 1 aliphatic carbocycles. The molecule has 1 N–H and O–H groups in total. The van der Waals surface area contributed by atoms with Crippen molar-refractivity contribution in [1.29, 1.82) is 0 Å². The highest BCUT2D eigenvalue weighted by Crippen LogP contribution is 2.32. The number of halogens is 2. The molecule has 2 nitrogen and oxygen atoms in total. The van der Waals surface area contributed by atoms with Gasteiger partial charge in [-0.05, 0) is 47.0 Å². The highest BCUT2D eigenvalue weighted by Gasteiger charge is 2.32. The Hall–Kier alpha value is -0.610.